The molecule has 0 heterocycles. The van der Waals surface area contributed by atoms with Crippen molar-refractivity contribution in [1.29, 1.82) is 0 Å². The highest BCUT2D eigenvalue weighted by atomic mass is 16.5. The molecule has 20 heavy (non-hydrogen) atoms. The Morgan fingerprint density at radius 1 is 1.10 bits per heavy atom. The standard InChI is InChI=1S/C17H22N2O/c1-19(11-10-14-6-5-8-16(18)12-14)13-15-7-3-4-9-17(15)20-2/h3-9,12H,10-11,13,18H2,1-2H3. The van der Waals surface area contributed by atoms with E-state index in [2.05, 4.69) is 24.1 Å². The first-order chi connectivity index (χ1) is 9.69. The van der Waals surface area contributed by atoms with Gasteiger partial charge in [-0.1, -0.05) is 30.3 Å². The zero-order chi connectivity index (χ0) is 14.4. The minimum atomic E-state index is 0.829. The summed E-state index contributed by atoms with van der Waals surface area (Å²) in [5.41, 5.74) is 9.11. The lowest BCUT2D eigenvalue weighted by Crippen LogP contribution is -2.21. The van der Waals surface area contributed by atoms with Gasteiger partial charge in [-0.05, 0) is 37.2 Å². The SMILES string of the molecule is COc1ccccc1CN(C)CCc1cccc(N)c1. The van der Waals surface area contributed by atoms with Crippen molar-refractivity contribution in [2.75, 3.05) is 26.4 Å². The molecule has 0 aliphatic carbocycles. The van der Waals surface area contributed by atoms with E-state index in [9.17, 15) is 0 Å². The summed E-state index contributed by atoms with van der Waals surface area (Å²) in [6, 6.07) is 16.2. The molecule has 0 unspecified atom stereocenters. The van der Waals surface area contributed by atoms with Gasteiger partial charge >= 0.3 is 0 Å². The van der Waals surface area contributed by atoms with Gasteiger partial charge in [0, 0.05) is 24.3 Å². The minimum Gasteiger partial charge on any atom is -0.496 e. The van der Waals surface area contributed by atoms with Crippen LogP contribution in [0.4, 0.5) is 5.69 Å². The number of likely N-dealkylation sites (N-methyl/N-ethyl adjacent to an activating group) is 1. The van der Waals surface area contributed by atoms with Crippen LogP contribution in [0, 0.1) is 0 Å². The molecule has 0 radical (unpaired) electrons. The van der Waals surface area contributed by atoms with Crippen LogP contribution in [0.25, 0.3) is 0 Å². The van der Waals surface area contributed by atoms with E-state index in [0.29, 0.717) is 0 Å². The zero-order valence-electron chi connectivity index (χ0n) is 12.2. The summed E-state index contributed by atoms with van der Waals surface area (Å²) in [5, 5.41) is 0. The Morgan fingerprint density at radius 3 is 2.65 bits per heavy atom. The van der Waals surface area contributed by atoms with Gasteiger partial charge in [-0.15, -0.1) is 0 Å². The van der Waals surface area contributed by atoms with Gasteiger partial charge in [-0.3, -0.25) is 0 Å². The number of anilines is 1. The molecule has 106 valence electrons. The predicted molar refractivity (Wildman–Crippen MR) is 83.9 cm³/mol. The fourth-order valence-electron chi connectivity index (χ4n) is 2.27. The van der Waals surface area contributed by atoms with E-state index in [1.54, 1.807) is 7.11 Å². The number of nitrogens with zero attached hydrogens (tertiary/aromatic N) is 1. The molecule has 3 nitrogen and oxygen atoms in total. The number of ether oxygens (including phenoxy) is 1. The molecule has 0 aromatic heterocycles. The molecule has 2 aromatic carbocycles. The molecular weight excluding hydrogens is 248 g/mol. The lowest BCUT2D eigenvalue weighted by atomic mass is 10.1. The first-order valence-electron chi connectivity index (χ1n) is 6.84. The smallest absolute Gasteiger partial charge is 0.123 e. The van der Waals surface area contributed by atoms with Crippen LogP contribution in [0.3, 0.4) is 0 Å². The Kier molecular flexibility index (Phi) is 5.02. The van der Waals surface area contributed by atoms with Crippen LogP contribution in [0.5, 0.6) is 5.75 Å². The summed E-state index contributed by atoms with van der Waals surface area (Å²) in [6.45, 7) is 1.87. The van der Waals surface area contributed by atoms with E-state index in [1.807, 2.05) is 36.4 Å². The lowest BCUT2D eigenvalue weighted by Gasteiger charge is -2.18. The van der Waals surface area contributed by atoms with Crippen LogP contribution >= 0.6 is 0 Å². The quantitative estimate of drug-likeness (QED) is 0.820. The van der Waals surface area contributed by atoms with Gasteiger partial charge in [0.05, 0.1) is 7.11 Å². The molecule has 0 aliphatic rings. The Hall–Kier alpha value is -2.00. The van der Waals surface area contributed by atoms with E-state index >= 15 is 0 Å². The third-order valence-corrected chi connectivity index (χ3v) is 3.37. The van der Waals surface area contributed by atoms with Crippen LogP contribution in [0.1, 0.15) is 11.1 Å². The van der Waals surface area contributed by atoms with Gasteiger partial charge in [0.2, 0.25) is 0 Å². The second-order valence-electron chi connectivity index (χ2n) is 5.04. The van der Waals surface area contributed by atoms with Crippen molar-refractivity contribution in [2.24, 2.45) is 0 Å². The highest BCUT2D eigenvalue weighted by molar-refractivity contribution is 5.40. The number of nitrogen functional groups attached to an aromatic ring is 1. The summed E-state index contributed by atoms with van der Waals surface area (Å²) in [5.74, 6) is 0.948. The molecule has 3 heteroatoms. The van der Waals surface area contributed by atoms with Crippen LogP contribution in [-0.4, -0.2) is 25.6 Å². The number of benzene rings is 2. The minimum absolute atomic E-state index is 0.829. The molecule has 0 fully saturated rings. The van der Waals surface area contributed by atoms with E-state index in [4.69, 9.17) is 10.5 Å². The first-order valence-corrected chi connectivity index (χ1v) is 6.84. The summed E-state index contributed by atoms with van der Waals surface area (Å²) in [4.78, 5) is 2.29. The van der Waals surface area contributed by atoms with Crippen LogP contribution in [0.2, 0.25) is 0 Å². The molecule has 2 aromatic rings. The Labute approximate surface area is 121 Å². The summed E-state index contributed by atoms with van der Waals surface area (Å²) >= 11 is 0. The van der Waals surface area contributed by atoms with Gasteiger partial charge in [0.25, 0.3) is 0 Å². The largest absolute Gasteiger partial charge is 0.496 e. The Bertz CT molecular complexity index is 554. The fraction of sp³-hybridized carbons (Fsp3) is 0.294. The number of nitrogens with two attached hydrogens (primary N) is 1. The average Bonchev–Trinajstić information content (AvgIpc) is 2.46. The molecule has 2 N–H and O–H groups in total. The van der Waals surface area contributed by atoms with Crippen LogP contribution in [0.15, 0.2) is 48.5 Å². The van der Waals surface area contributed by atoms with Gasteiger partial charge in [-0.25, -0.2) is 0 Å². The first kappa shape index (κ1) is 14.4. The lowest BCUT2D eigenvalue weighted by molar-refractivity contribution is 0.321. The second-order valence-corrected chi connectivity index (χ2v) is 5.04. The van der Waals surface area contributed by atoms with Gasteiger partial charge in [0.15, 0.2) is 0 Å². The molecule has 0 atom stereocenters. The van der Waals surface area contributed by atoms with E-state index in [-0.39, 0.29) is 0 Å². The molecule has 0 amide bonds. The second kappa shape index (κ2) is 6.96. The molecule has 0 saturated heterocycles. The summed E-state index contributed by atoms with van der Waals surface area (Å²) < 4.78 is 5.38. The maximum atomic E-state index is 5.80. The predicted octanol–water partition coefficient (Wildman–Crippen LogP) is 2.95. The Morgan fingerprint density at radius 2 is 1.90 bits per heavy atom. The molecular formula is C17H22N2O. The van der Waals surface area contributed by atoms with E-state index in [1.165, 1.54) is 11.1 Å². The van der Waals surface area contributed by atoms with Crippen molar-refractivity contribution < 1.29 is 4.74 Å². The van der Waals surface area contributed by atoms with Crippen molar-refractivity contribution in [1.82, 2.24) is 4.90 Å². The third kappa shape index (κ3) is 4.00. The van der Waals surface area contributed by atoms with Crippen LogP contribution < -0.4 is 10.5 Å². The zero-order valence-corrected chi connectivity index (χ0v) is 12.2. The molecule has 2 rings (SSSR count). The molecule has 0 aliphatic heterocycles. The number of para-hydroxylation sites is 1. The summed E-state index contributed by atoms with van der Waals surface area (Å²) in [6.07, 6.45) is 0.997. The number of methoxy groups -OCH3 is 1. The van der Waals surface area contributed by atoms with Crippen molar-refractivity contribution in [2.45, 2.75) is 13.0 Å². The molecule has 0 bridgehead atoms. The fourth-order valence-corrected chi connectivity index (χ4v) is 2.27. The van der Waals surface area contributed by atoms with Gasteiger partial charge in [-0.2, -0.15) is 0 Å². The number of rotatable bonds is 6. The maximum Gasteiger partial charge on any atom is 0.123 e. The average molecular weight is 270 g/mol. The maximum absolute atomic E-state index is 5.80. The van der Waals surface area contributed by atoms with Crippen molar-refractivity contribution in [3.05, 3.63) is 59.7 Å². The van der Waals surface area contributed by atoms with Gasteiger partial charge < -0.3 is 15.4 Å². The van der Waals surface area contributed by atoms with Crippen LogP contribution in [-0.2, 0) is 13.0 Å². The van der Waals surface area contributed by atoms with Crippen molar-refractivity contribution in [3.63, 3.8) is 0 Å². The highest BCUT2D eigenvalue weighted by Gasteiger charge is 2.05. The topological polar surface area (TPSA) is 38.5 Å². The normalized spacial score (nSPS) is 10.8. The third-order valence-electron chi connectivity index (χ3n) is 3.37. The Balaban J connectivity index is 1.91. The van der Waals surface area contributed by atoms with E-state index in [0.717, 1.165) is 30.9 Å². The summed E-state index contributed by atoms with van der Waals surface area (Å²) in [7, 11) is 3.84. The number of hydrogen-bond acceptors (Lipinski definition) is 3. The monoisotopic (exact) mass is 270 g/mol. The van der Waals surface area contributed by atoms with E-state index < -0.39 is 0 Å². The van der Waals surface area contributed by atoms with Gasteiger partial charge in [0.1, 0.15) is 5.75 Å². The van der Waals surface area contributed by atoms with Crippen molar-refractivity contribution in [3.8, 4) is 5.75 Å². The van der Waals surface area contributed by atoms with Crippen molar-refractivity contribution >= 4 is 5.69 Å². The number of hydrogen-bond donors (Lipinski definition) is 1. The highest BCUT2D eigenvalue weighted by Crippen LogP contribution is 2.18. The molecule has 0 saturated carbocycles. The molecule has 0 spiro atoms.